The number of nitrogens with one attached hydrogen (secondary N) is 1. The van der Waals surface area contributed by atoms with Crippen LogP contribution >= 0.6 is 11.6 Å². The number of hydrogen-bond donors (Lipinski definition) is 1. The van der Waals surface area contributed by atoms with Gasteiger partial charge in [-0.05, 0) is 37.6 Å². The van der Waals surface area contributed by atoms with Crippen molar-refractivity contribution in [3.63, 3.8) is 0 Å². The molecule has 0 radical (unpaired) electrons. The molecule has 1 heterocycles. The van der Waals surface area contributed by atoms with Gasteiger partial charge in [-0.25, -0.2) is 9.97 Å². The van der Waals surface area contributed by atoms with Crippen molar-refractivity contribution in [1.82, 2.24) is 9.97 Å². The molecule has 0 saturated heterocycles. The third kappa shape index (κ3) is 2.57. The molecule has 0 amide bonds. The summed E-state index contributed by atoms with van der Waals surface area (Å²) in [4.78, 5) is 9.32. The first-order valence-corrected chi connectivity index (χ1v) is 7.19. The van der Waals surface area contributed by atoms with Gasteiger partial charge in [-0.3, -0.25) is 0 Å². The van der Waals surface area contributed by atoms with Gasteiger partial charge in [-0.15, -0.1) is 0 Å². The van der Waals surface area contributed by atoms with Gasteiger partial charge in [0.05, 0.1) is 5.52 Å². The van der Waals surface area contributed by atoms with Gasteiger partial charge in [-0.1, -0.05) is 35.4 Å². The third-order valence-corrected chi connectivity index (χ3v) is 3.75. The van der Waals surface area contributed by atoms with E-state index in [9.17, 15) is 0 Å². The fraction of sp³-hybridized carbons (Fsp3) is 0.176. The van der Waals surface area contributed by atoms with Crippen molar-refractivity contribution < 1.29 is 0 Å². The van der Waals surface area contributed by atoms with Crippen LogP contribution in [0.3, 0.4) is 0 Å². The Hall–Kier alpha value is -2.13. The van der Waals surface area contributed by atoms with Crippen LogP contribution in [0.15, 0.2) is 36.4 Å². The number of aryl methyl sites for hydroxylation is 2. The van der Waals surface area contributed by atoms with Crippen LogP contribution in [0.5, 0.6) is 0 Å². The van der Waals surface area contributed by atoms with Crippen LogP contribution in [0.2, 0.25) is 5.02 Å². The van der Waals surface area contributed by atoms with E-state index in [2.05, 4.69) is 47.3 Å². The van der Waals surface area contributed by atoms with Crippen LogP contribution in [0.1, 0.15) is 11.1 Å². The highest BCUT2D eigenvalue weighted by Crippen LogP contribution is 2.28. The zero-order valence-electron chi connectivity index (χ0n) is 12.2. The molecule has 0 aliphatic rings. The molecular weight excluding hydrogens is 282 g/mol. The van der Waals surface area contributed by atoms with Gasteiger partial charge in [0, 0.05) is 23.0 Å². The van der Waals surface area contributed by atoms with E-state index in [1.54, 1.807) is 0 Å². The largest absolute Gasteiger partial charge is 0.373 e. The van der Waals surface area contributed by atoms with Crippen molar-refractivity contribution in [1.29, 1.82) is 0 Å². The molecule has 3 nitrogen and oxygen atoms in total. The zero-order chi connectivity index (χ0) is 15.0. The Labute approximate surface area is 129 Å². The quantitative estimate of drug-likeness (QED) is 0.750. The average molecular weight is 298 g/mol. The van der Waals surface area contributed by atoms with Crippen molar-refractivity contribution in [2.24, 2.45) is 0 Å². The highest BCUT2D eigenvalue weighted by molar-refractivity contribution is 6.31. The first-order chi connectivity index (χ1) is 10.1. The maximum Gasteiger partial charge on any atom is 0.162 e. The molecule has 3 aromatic rings. The van der Waals surface area contributed by atoms with Crippen molar-refractivity contribution >= 4 is 28.3 Å². The van der Waals surface area contributed by atoms with Crippen molar-refractivity contribution in [3.05, 3.63) is 52.5 Å². The van der Waals surface area contributed by atoms with Crippen LogP contribution in [-0.4, -0.2) is 17.0 Å². The standard InChI is InChI=1S/C17H16ClN3/c1-10-4-6-13(11(2)8-10)17-20-15-7-5-12(18)9-14(15)16(19-3)21-17/h4-9H,1-3H3,(H,19,20,21). The number of aromatic nitrogens is 2. The summed E-state index contributed by atoms with van der Waals surface area (Å²) in [5.74, 6) is 1.52. The molecule has 0 atom stereocenters. The number of rotatable bonds is 2. The Morgan fingerprint density at radius 3 is 2.52 bits per heavy atom. The predicted molar refractivity (Wildman–Crippen MR) is 89.0 cm³/mol. The summed E-state index contributed by atoms with van der Waals surface area (Å²) in [6, 6.07) is 12.0. The van der Waals surface area contributed by atoms with E-state index in [4.69, 9.17) is 11.6 Å². The lowest BCUT2D eigenvalue weighted by molar-refractivity contribution is 1.20. The predicted octanol–water partition coefficient (Wildman–Crippen LogP) is 4.61. The lowest BCUT2D eigenvalue weighted by atomic mass is 10.0. The van der Waals surface area contributed by atoms with Crippen LogP contribution in [-0.2, 0) is 0 Å². The summed E-state index contributed by atoms with van der Waals surface area (Å²) in [6.45, 7) is 4.16. The first kappa shape index (κ1) is 13.8. The Morgan fingerprint density at radius 1 is 1.00 bits per heavy atom. The SMILES string of the molecule is CNc1nc(-c2ccc(C)cc2C)nc2ccc(Cl)cc12. The molecule has 0 spiro atoms. The van der Waals surface area contributed by atoms with E-state index >= 15 is 0 Å². The van der Waals surface area contributed by atoms with Gasteiger partial charge >= 0.3 is 0 Å². The van der Waals surface area contributed by atoms with Gasteiger partial charge in [0.2, 0.25) is 0 Å². The Kier molecular flexibility index (Phi) is 3.52. The Bertz CT molecular complexity index is 828. The second-order valence-corrected chi connectivity index (χ2v) is 5.56. The number of benzene rings is 2. The fourth-order valence-corrected chi connectivity index (χ4v) is 2.65. The Balaban J connectivity index is 2.26. The molecular formula is C17H16ClN3. The molecule has 106 valence electrons. The fourth-order valence-electron chi connectivity index (χ4n) is 2.48. The lowest BCUT2D eigenvalue weighted by Crippen LogP contribution is -1.99. The van der Waals surface area contributed by atoms with Crippen molar-refractivity contribution in [2.75, 3.05) is 12.4 Å². The van der Waals surface area contributed by atoms with E-state index in [0.717, 1.165) is 28.1 Å². The monoisotopic (exact) mass is 297 g/mol. The molecule has 1 aromatic heterocycles. The van der Waals surface area contributed by atoms with Crippen LogP contribution in [0.4, 0.5) is 5.82 Å². The number of fused-ring (bicyclic) bond motifs is 1. The highest BCUT2D eigenvalue weighted by atomic mass is 35.5. The minimum Gasteiger partial charge on any atom is -0.373 e. The van der Waals surface area contributed by atoms with Gasteiger partial charge in [-0.2, -0.15) is 0 Å². The first-order valence-electron chi connectivity index (χ1n) is 6.81. The van der Waals surface area contributed by atoms with Gasteiger partial charge in [0.15, 0.2) is 5.82 Å². The molecule has 3 rings (SSSR count). The van der Waals surface area contributed by atoms with Crippen LogP contribution in [0, 0.1) is 13.8 Å². The van der Waals surface area contributed by atoms with E-state index < -0.39 is 0 Å². The third-order valence-electron chi connectivity index (χ3n) is 3.52. The van der Waals surface area contributed by atoms with E-state index in [1.165, 1.54) is 11.1 Å². The minimum absolute atomic E-state index is 0.682. The second-order valence-electron chi connectivity index (χ2n) is 5.13. The molecule has 0 bridgehead atoms. The molecule has 0 fully saturated rings. The lowest BCUT2D eigenvalue weighted by Gasteiger charge is -2.10. The number of anilines is 1. The number of nitrogens with zero attached hydrogens (tertiary/aromatic N) is 2. The smallest absolute Gasteiger partial charge is 0.162 e. The zero-order valence-corrected chi connectivity index (χ0v) is 13.0. The molecule has 4 heteroatoms. The average Bonchev–Trinajstić information content (AvgIpc) is 2.46. The Morgan fingerprint density at radius 2 is 1.81 bits per heavy atom. The minimum atomic E-state index is 0.682. The van der Waals surface area contributed by atoms with Gasteiger partial charge < -0.3 is 5.32 Å². The maximum atomic E-state index is 6.06. The summed E-state index contributed by atoms with van der Waals surface area (Å²) >= 11 is 6.06. The van der Waals surface area contributed by atoms with Crippen molar-refractivity contribution in [2.45, 2.75) is 13.8 Å². The van der Waals surface area contributed by atoms with Crippen molar-refractivity contribution in [3.8, 4) is 11.4 Å². The van der Waals surface area contributed by atoms with Gasteiger partial charge in [0.1, 0.15) is 5.82 Å². The summed E-state index contributed by atoms with van der Waals surface area (Å²) < 4.78 is 0. The topological polar surface area (TPSA) is 37.8 Å². The van der Waals surface area contributed by atoms with E-state index in [-0.39, 0.29) is 0 Å². The second kappa shape index (κ2) is 5.34. The molecule has 2 aromatic carbocycles. The number of hydrogen-bond acceptors (Lipinski definition) is 3. The van der Waals surface area contributed by atoms with E-state index in [0.29, 0.717) is 5.02 Å². The van der Waals surface area contributed by atoms with Crippen LogP contribution in [0.25, 0.3) is 22.3 Å². The summed E-state index contributed by atoms with van der Waals surface area (Å²) in [5, 5.41) is 4.74. The normalized spacial score (nSPS) is 10.9. The number of halogens is 1. The van der Waals surface area contributed by atoms with Gasteiger partial charge in [0.25, 0.3) is 0 Å². The van der Waals surface area contributed by atoms with Crippen LogP contribution < -0.4 is 5.32 Å². The molecule has 0 aliphatic heterocycles. The molecule has 0 unspecified atom stereocenters. The molecule has 0 saturated carbocycles. The maximum absolute atomic E-state index is 6.06. The summed E-state index contributed by atoms with van der Waals surface area (Å²) in [7, 11) is 1.86. The summed E-state index contributed by atoms with van der Waals surface area (Å²) in [6.07, 6.45) is 0. The molecule has 0 aliphatic carbocycles. The highest BCUT2D eigenvalue weighted by Gasteiger charge is 2.11. The summed E-state index contributed by atoms with van der Waals surface area (Å²) in [5.41, 5.74) is 4.34. The van der Waals surface area contributed by atoms with E-state index in [1.807, 2.05) is 25.2 Å². The molecule has 21 heavy (non-hydrogen) atoms. The molecule has 1 N–H and O–H groups in total.